The lowest BCUT2D eigenvalue weighted by molar-refractivity contribution is 0.766. The Morgan fingerprint density at radius 2 is 0.966 bits per heavy atom. The van der Waals surface area contributed by atoms with Crippen LogP contribution in [-0.4, -0.2) is 0 Å². The standard InChI is InChI=1S/C27H24N2/c1-17-15-19(11-13-25(17)28)27(20-12-14-26(29)18(2)16-20)23-9-5-3-7-21(23)22-8-4-6-10-24(22)27/h3-16H,28-29H2,1-2H3. The monoisotopic (exact) mass is 376 g/mol. The molecular formula is C27H24N2. The third-order valence-electron chi connectivity index (χ3n) is 6.36. The summed E-state index contributed by atoms with van der Waals surface area (Å²) in [5.74, 6) is 0. The highest BCUT2D eigenvalue weighted by Crippen LogP contribution is 2.56. The fourth-order valence-electron chi connectivity index (χ4n) is 4.84. The van der Waals surface area contributed by atoms with Crippen LogP contribution in [0.1, 0.15) is 33.4 Å². The molecule has 0 heterocycles. The van der Waals surface area contributed by atoms with Crippen molar-refractivity contribution < 1.29 is 0 Å². The second-order valence-corrected chi connectivity index (χ2v) is 7.98. The van der Waals surface area contributed by atoms with E-state index in [1.165, 1.54) is 33.4 Å². The van der Waals surface area contributed by atoms with Crippen molar-refractivity contribution in [3.05, 3.63) is 118 Å². The number of nitrogens with two attached hydrogens (primary N) is 2. The minimum atomic E-state index is -0.399. The highest BCUT2D eigenvalue weighted by molar-refractivity contribution is 5.86. The molecule has 4 aromatic rings. The molecule has 0 aliphatic heterocycles. The van der Waals surface area contributed by atoms with Gasteiger partial charge < -0.3 is 11.5 Å². The molecule has 0 saturated carbocycles. The molecule has 0 saturated heterocycles. The minimum absolute atomic E-state index is 0.399. The summed E-state index contributed by atoms with van der Waals surface area (Å²) in [4.78, 5) is 0. The van der Waals surface area contributed by atoms with E-state index in [0.717, 1.165) is 22.5 Å². The maximum atomic E-state index is 6.19. The summed E-state index contributed by atoms with van der Waals surface area (Å²) in [5.41, 5.74) is 23.4. The van der Waals surface area contributed by atoms with Gasteiger partial charge in [0.05, 0.1) is 5.41 Å². The summed E-state index contributed by atoms with van der Waals surface area (Å²) in [7, 11) is 0. The smallest absolute Gasteiger partial charge is 0.0713 e. The van der Waals surface area contributed by atoms with E-state index in [4.69, 9.17) is 11.5 Å². The molecule has 0 spiro atoms. The lowest BCUT2D eigenvalue weighted by Crippen LogP contribution is -2.29. The van der Waals surface area contributed by atoms with Crippen LogP contribution in [0, 0.1) is 13.8 Å². The SMILES string of the molecule is Cc1cc(C2(c3ccc(N)c(C)c3)c3ccccc3-c3ccccc32)ccc1N. The first-order valence-corrected chi connectivity index (χ1v) is 9.96. The van der Waals surface area contributed by atoms with Crippen molar-refractivity contribution in [2.75, 3.05) is 11.5 Å². The Morgan fingerprint density at radius 3 is 1.38 bits per heavy atom. The molecule has 0 unspecified atom stereocenters. The van der Waals surface area contributed by atoms with Gasteiger partial charge in [-0.2, -0.15) is 0 Å². The zero-order chi connectivity index (χ0) is 20.2. The van der Waals surface area contributed by atoms with E-state index in [1.807, 2.05) is 12.1 Å². The van der Waals surface area contributed by atoms with Crippen LogP contribution in [0.2, 0.25) is 0 Å². The number of fused-ring (bicyclic) bond motifs is 3. The van der Waals surface area contributed by atoms with E-state index < -0.39 is 5.41 Å². The van der Waals surface area contributed by atoms with Gasteiger partial charge in [-0.1, -0.05) is 72.8 Å². The molecule has 4 N–H and O–H groups in total. The quantitative estimate of drug-likeness (QED) is 0.381. The molecular weight excluding hydrogens is 352 g/mol. The van der Waals surface area contributed by atoms with Crippen LogP contribution < -0.4 is 11.5 Å². The molecule has 2 heteroatoms. The van der Waals surface area contributed by atoms with Gasteiger partial charge in [-0.3, -0.25) is 0 Å². The third kappa shape index (κ3) is 2.35. The Morgan fingerprint density at radius 1 is 0.552 bits per heavy atom. The van der Waals surface area contributed by atoms with Crippen LogP contribution in [0.4, 0.5) is 11.4 Å². The number of benzene rings is 4. The fourth-order valence-corrected chi connectivity index (χ4v) is 4.84. The lowest BCUT2D eigenvalue weighted by atomic mass is 9.67. The molecule has 1 aliphatic carbocycles. The van der Waals surface area contributed by atoms with Gasteiger partial charge in [0.2, 0.25) is 0 Å². The molecule has 0 atom stereocenters. The fraction of sp³-hybridized carbons (Fsp3) is 0.111. The van der Waals surface area contributed by atoms with Crippen molar-refractivity contribution >= 4 is 11.4 Å². The first kappa shape index (κ1) is 17.6. The van der Waals surface area contributed by atoms with E-state index in [2.05, 4.69) is 86.6 Å². The summed E-state index contributed by atoms with van der Waals surface area (Å²) in [6.07, 6.45) is 0. The first-order chi connectivity index (χ1) is 14.0. The van der Waals surface area contributed by atoms with E-state index >= 15 is 0 Å². The van der Waals surface area contributed by atoms with Crippen molar-refractivity contribution in [1.29, 1.82) is 0 Å². The number of hydrogen-bond donors (Lipinski definition) is 2. The van der Waals surface area contributed by atoms with Gasteiger partial charge in [-0.05, 0) is 70.5 Å². The highest BCUT2D eigenvalue weighted by Gasteiger charge is 2.46. The highest BCUT2D eigenvalue weighted by atomic mass is 14.6. The van der Waals surface area contributed by atoms with Gasteiger partial charge >= 0.3 is 0 Å². The first-order valence-electron chi connectivity index (χ1n) is 9.96. The minimum Gasteiger partial charge on any atom is -0.399 e. The number of aryl methyl sites for hydroxylation is 2. The van der Waals surface area contributed by atoms with Crippen molar-refractivity contribution in [2.45, 2.75) is 19.3 Å². The molecule has 2 nitrogen and oxygen atoms in total. The second kappa shape index (κ2) is 6.25. The summed E-state index contributed by atoms with van der Waals surface area (Å²) in [5, 5.41) is 0. The number of nitrogen functional groups attached to an aromatic ring is 2. The normalized spacial score (nSPS) is 13.7. The van der Waals surface area contributed by atoms with Crippen LogP contribution in [0.5, 0.6) is 0 Å². The Hall–Kier alpha value is -3.52. The molecule has 1 aliphatic rings. The van der Waals surface area contributed by atoms with Gasteiger partial charge in [0.15, 0.2) is 0 Å². The molecule has 142 valence electrons. The van der Waals surface area contributed by atoms with Crippen LogP contribution in [0.25, 0.3) is 11.1 Å². The van der Waals surface area contributed by atoms with Gasteiger partial charge in [-0.25, -0.2) is 0 Å². The average Bonchev–Trinajstić information content (AvgIpc) is 3.04. The zero-order valence-corrected chi connectivity index (χ0v) is 16.7. The van der Waals surface area contributed by atoms with E-state index in [1.54, 1.807) is 0 Å². The van der Waals surface area contributed by atoms with Gasteiger partial charge in [-0.15, -0.1) is 0 Å². The Bertz CT molecular complexity index is 1150. The van der Waals surface area contributed by atoms with Crippen molar-refractivity contribution in [2.24, 2.45) is 0 Å². The van der Waals surface area contributed by atoms with Crippen molar-refractivity contribution in [3.8, 4) is 11.1 Å². The third-order valence-corrected chi connectivity index (χ3v) is 6.36. The Kier molecular flexibility index (Phi) is 3.78. The average molecular weight is 377 g/mol. The predicted octanol–water partition coefficient (Wildman–Crippen LogP) is 5.83. The predicted molar refractivity (Wildman–Crippen MR) is 122 cm³/mol. The van der Waals surface area contributed by atoms with Gasteiger partial charge in [0, 0.05) is 11.4 Å². The molecule has 0 bridgehead atoms. The number of rotatable bonds is 2. The summed E-state index contributed by atoms with van der Waals surface area (Å²) >= 11 is 0. The molecule has 0 aromatic heterocycles. The molecule has 5 rings (SSSR count). The molecule has 4 aromatic carbocycles. The Balaban J connectivity index is 1.97. The van der Waals surface area contributed by atoms with Crippen molar-refractivity contribution in [1.82, 2.24) is 0 Å². The maximum absolute atomic E-state index is 6.19. The summed E-state index contributed by atoms with van der Waals surface area (Å²) in [6, 6.07) is 30.3. The summed E-state index contributed by atoms with van der Waals surface area (Å²) in [6.45, 7) is 4.15. The van der Waals surface area contributed by atoms with E-state index in [9.17, 15) is 0 Å². The number of anilines is 2. The Labute approximate surface area is 171 Å². The van der Waals surface area contributed by atoms with Crippen molar-refractivity contribution in [3.63, 3.8) is 0 Å². The zero-order valence-electron chi connectivity index (χ0n) is 16.7. The maximum Gasteiger partial charge on any atom is 0.0713 e. The lowest BCUT2D eigenvalue weighted by Gasteiger charge is -2.34. The molecule has 29 heavy (non-hydrogen) atoms. The summed E-state index contributed by atoms with van der Waals surface area (Å²) < 4.78 is 0. The topological polar surface area (TPSA) is 52.0 Å². The van der Waals surface area contributed by atoms with E-state index in [0.29, 0.717) is 0 Å². The number of hydrogen-bond acceptors (Lipinski definition) is 2. The molecule has 0 radical (unpaired) electrons. The largest absolute Gasteiger partial charge is 0.399 e. The molecule has 0 fully saturated rings. The van der Waals surface area contributed by atoms with Crippen LogP contribution >= 0.6 is 0 Å². The van der Waals surface area contributed by atoms with Gasteiger partial charge in [0.1, 0.15) is 0 Å². The van der Waals surface area contributed by atoms with Crippen LogP contribution in [0.15, 0.2) is 84.9 Å². The van der Waals surface area contributed by atoms with Gasteiger partial charge in [0.25, 0.3) is 0 Å². The van der Waals surface area contributed by atoms with E-state index in [-0.39, 0.29) is 0 Å². The van der Waals surface area contributed by atoms with Crippen LogP contribution in [-0.2, 0) is 5.41 Å². The second-order valence-electron chi connectivity index (χ2n) is 7.98. The van der Waals surface area contributed by atoms with Crippen LogP contribution in [0.3, 0.4) is 0 Å². The molecule has 0 amide bonds.